The molecule has 0 aliphatic heterocycles. The van der Waals surface area contributed by atoms with Crippen molar-refractivity contribution < 1.29 is 58.5 Å². The van der Waals surface area contributed by atoms with Gasteiger partial charge in [0.1, 0.15) is 36.2 Å². The molecule has 0 radical (unpaired) electrons. The fourth-order valence-corrected chi connectivity index (χ4v) is 6.45. The van der Waals surface area contributed by atoms with Crippen LogP contribution in [0.4, 0.5) is 0 Å². The van der Waals surface area contributed by atoms with E-state index in [0.717, 1.165) is 49.9 Å². The Hall–Kier alpha value is -5.74. The van der Waals surface area contributed by atoms with Gasteiger partial charge in [0.25, 0.3) is 0 Å². The molecule has 22 nitrogen and oxygen atoms in total. The van der Waals surface area contributed by atoms with Crippen molar-refractivity contribution in [3.05, 3.63) is 35.7 Å². The molecule has 0 spiro atoms. The van der Waals surface area contributed by atoms with Gasteiger partial charge in [0.05, 0.1) is 26.4 Å². The number of aliphatic carboxylic acids is 1. The molecule has 6 amide bonds. The zero-order valence-electron chi connectivity index (χ0n) is 36.9. The van der Waals surface area contributed by atoms with Gasteiger partial charge in [0.2, 0.25) is 35.4 Å². The number of carboxylic acids is 1. The lowest BCUT2D eigenvalue weighted by molar-refractivity contribution is -0.190. The Bertz CT molecular complexity index is 1680. The predicted molar refractivity (Wildman–Crippen MR) is 230 cm³/mol. The summed E-state index contributed by atoms with van der Waals surface area (Å²) in [6.45, 7) is -0.0896. The molecule has 0 aliphatic carbocycles. The highest BCUT2D eigenvalue weighted by molar-refractivity contribution is 5.94. The van der Waals surface area contributed by atoms with Gasteiger partial charge in [0.15, 0.2) is 0 Å². The van der Waals surface area contributed by atoms with Crippen molar-refractivity contribution in [3.8, 4) is 5.75 Å². The lowest BCUT2D eigenvalue weighted by Crippen LogP contribution is -2.57. The number of carboxylic acid groups (broad SMARTS) is 1. The second-order valence-corrected chi connectivity index (χ2v) is 15.4. The Morgan fingerprint density at radius 1 is 0.750 bits per heavy atom. The second-order valence-electron chi connectivity index (χ2n) is 15.4. The minimum absolute atomic E-state index is 0.0268. The van der Waals surface area contributed by atoms with Crippen LogP contribution >= 0.6 is 0 Å². The fraction of sp³-hybridized carbons (Fsp3) is 0.667. The van der Waals surface area contributed by atoms with Crippen molar-refractivity contribution in [2.45, 2.75) is 141 Å². The Kier molecular flexibility index (Phi) is 27.9. The molecule has 0 fully saturated rings. The van der Waals surface area contributed by atoms with Crippen LogP contribution < -0.4 is 27.0 Å². The van der Waals surface area contributed by atoms with Gasteiger partial charge in [-0.1, -0.05) is 82.8 Å². The van der Waals surface area contributed by atoms with Gasteiger partial charge in [0, 0.05) is 39.2 Å². The van der Waals surface area contributed by atoms with E-state index in [1.165, 1.54) is 82.1 Å². The molecule has 0 aliphatic rings. The first kappa shape index (κ1) is 54.4. The van der Waals surface area contributed by atoms with Gasteiger partial charge >= 0.3 is 5.97 Å². The molecule has 2 aromatic rings. The number of carbonyl (C=O) groups excluding carboxylic acids is 6. The number of tetrazole rings is 1. The van der Waals surface area contributed by atoms with Crippen LogP contribution in [0, 0.1) is 0 Å². The summed E-state index contributed by atoms with van der Waals surface area (Å²) < 4.78 is 5.46. The molecule has 0 unspecified atom stereocenters. The van der Waals surface area contributed by atoms with Gasteiger partial charge in [-0.25, -0.2) is 15.0 Å². The number of nitrogens with zero attached hydrogens (tertiary/aromatic N) is 4. The maximum atomic E-state index is 13.1. The highest BCUT2D eigenvalue weighted by atomic mass is 16.7. The number of nitrogens with two attached hydrogens (primary N) is 1. The molecule has 1 aromatic heterocycles. The van der Waals surface area contributed by atoms with Crippen LogP contribution in [0.1, 0.15) is 121 Å². The number of aliphatic hydroxyl groups is 1. The molecule has 0 bridgehead atoms. The first-order valence-electron chi connectivity index (χ1n) is 22.1. The van der Waals surface area contributed by atoms with Crippen LogP contribution in [0.15, 0.2) is 24.3 Å². The van der Waals surface area contributed by atoms with Crippen molar-refractivity contribution in [3.63, 3.8) is 0 Å². The number of benzene rings is 1. The molecule has 0 saturated carbocycles. The van der Waals surface area contributed by atoms with E-state index in [9.17, 15) is 48.9 Å². The summed E-state index contributed by atoms with van der Waals surface area (Å²) >= 11 is 0. The van der Waals surface area contributed by atoms with Crippen molar-refractivity contribution in [2.24, 2.45) is 5.73 Å². The number of hydroxylamine groups is 2. The molecule has 10 N–H and O–H groups in total. The largest absolute Gasteiger partial charge is 0.508 e. The smallest absolute Gasteiger partial charge is 0.326 e. The Labute approximate surface area is 373 Å². The van der Waals surface area contributed by atoms with E-state index in [0.29, 0.717) is 12.0 Å². The lowest BCUT2D eigenvalue weighted by atomic mass is 10.0. The van der Waals surface area contributed by atoms with Crippen LogP contribution in [-0.4, -0.2) is 140 Å². The van der Waals surface area contributed by atoms with Crippen LogP contribution in [0.5, 0.6) is 5.75 Å². The van der Waals surface area contributed by atoms with Gasteiger partial charge in [-0.2, -0.15) is 0 Å². The van der Waals surface area contributed by atoms with E-state index in [1.54, 1.807) is 0 Å². The summed E-state index contributed by atoms with van der Waals surface area (Å²) in [5.41, 5.74) is 5.70. The number of ether oxygens (including phenoxy) is 1. The molecule has 22 heteroatoms. The molecular weight excluding hydrogens is 837 g/mol. The maximum absolute atomic E-state index is 13.1. The highest BCUT2D eigenvalue weighted by Crippen LogP contribution is 2.14. The summed E-state index contributed by atoms with van der Waals surface area (Å²) in [5, 5.41) is 53.3. The number of aromatic hydroxyl groups is 1. The number of aryl methyl sites for hydroxylation is 1. The first-order chi connectivity index (χ1) is 30.8. The van der Waals surface area contributed by atoms with Gasteiger partial charge in [-0.15, -0.1) is 5.10 Å². The van der Waals surface area contributed by atoms with Gasteiger partial charge < -0.3 is 47.1 Å². The topological polar surface area (TPSA) is 330 Å². The van der Waals surface area contributed by atoms with Crippen molar-refractivity contribution in [2.75, 3.05) is 39.5 Å². The summed E-state index contributed by atoms with van der Waals surface area (Å²) in [6.07, 6.45) is 15.7. The first-order valence-corrected chi connectivity index (χ1v) is 22.1. The average Bonchev–Trinajstić information content (AvgIpc) is 3.78. The minimum atomic E-state index is -1.62. The molecule has 0 saturated heterocycles. The number of aromatic amines is 1. The van der Waals surface area contributed by atoms with E-state index < -0.39 is 66.8 Å². The number of hydrogen-bond donors (Lipinski definition) is 9. The second kappa shape index (κ2) is 32.9. The molecule has 1 aromatic carbocycles. The number of nitrogens with one attached hydrogen (secondary N) is 5. The number of amides is 6. The van der Waals surface area contributed by atoms with Crippen LogP contribution in [0.25, 0.3) is 0 Å². The van der Waals surface area contributed by atoms with Crippen LogP contribution in [-0.2, 0) is 56.0 Å². The molecule has 2 rings (SSSR count). The zero-order valence-corrected chi connectivity index (χ0v) is 36.9. The van der Waals surface area contributed by atoms with Gasteiger partial charge in [-0.05, 0) is 47.4 Å². The maximum Gasteiger partial charge on any atom is 0.326 e. The SMILES string of the molecule is CC(=O)N(CC(=O)N[C@@H](CO)C(=O)N[C@@H](CCC(N)=O)C(=O)N[C@@H](Cc1ccc(O)cc1)C(=O)O)OCCOCCNC(=O)CCCCCCCCCCCCCCCc1nnn[nH]1. The quantitative estimate of drug-likeness (QED) is 0.0336. The van der Waals surface area contributed by atoms with E-state index in [2.05, 4.69) is 41.9 Å². The molecule has 358 valence electrons. The van der Waals surface area contributed by atoms with Gasteiger partial charge in [-0.3, -0.25) is 33.6 Å². The number of rotatable bonds is 37. The highest BCUT2D eigenvalue weighted by Gasteiger charge is 2.30. The van der Waals surface area contributed by atoms with E-state index >= 15 is 0 Å². The monoisotopic (exact) mass is 905 g/mol. The van der Waals surface area contributed by atoms with Crippen LogP contribution in [0.2, 0.25) is 0 Å². The number of aliphatic hydroxyl groups excluding tert-OH is 1. The van der Waals surface area contributed by atoms with Crippen molar-refractivity contribution in [1.29, 1.82) is 0 Å². The number of carbonyl (C=O) groups is 7. The molecule has 64 heavy (non-hydrogen) atoms. The molecule has 1 heterocycles. The number of phenolic OH excluding ortho intramolecular Hbond substituents is 1. The average molecular weight is 905 g/mol. The number of phenols is 1. The number of H-pyrrole nitrogens is 1. The van der Waals surface area contributed by atoms with E-state index in [-0.39, 0.29) is 57.3 Å². The van der Waals surface area contributed by atoms with Crippen molar-refractivity contribution >= 4 is 41.4 Å². The molecular formula is C42H68N10O12. The van der Waals surface area contributed by atoms with Crippen LogP contribution in [0.3, 0.4) is 0 Å². The lowest BCUT2D eigenvalue weighted by Gasteiger charge is -2.24. The predicted octanol–water partition coefficient (Wildman–Crippen LogP) is 0.862. The Balaban J connectivity index is 1.59. The summed E-state index contributed by atoms with van der Waals surface area (Å²) in [6, 6.07) is 1.04. The number of primary amides is 1. The minimum Gasteiger partial charge on any atom is -0.508 e. The normalized spacial score (nSPS) is 12.4. The Morgan fingerprint density at radius 3 is 1.91 bits per heavy atom. The number of aromatic nitrogens is 4. The summed E-state index contributed by atoms with van der Waals surface area (Å²) in [7, 11) is 0. The summed E-state index contributed by atoms with van der Waals surface area (Å²) in [5.74, 6) is -5.04. The zero-order chi connectivity index (χ0) is 47.0. The third-order valence-corrected chi connectivity index (χ3v) is 10.0. The number of unbranched alkanes of at least 4 members (excludes halogenated alkanes) is 12. The summed E-state index contributed by atoms with van der Waals surface area (Å²) in [4.78, 5) is 92.1. The third-order valence-electron chi connectivity index (χ3n) is 10.0. The van der Waals surface area contributed by atoms with E-state index in [4.69, 9.17) is 15.3 Å². The van der Waals surface area contributed by atoms with Crippen molar-refractivity contribution in [1.82, 2.24) is 47.0 Å². The standard InChI is InChI=1S/C42H68N10O12/c1-30(54)52(64-26-25-63-24-23-44-38(57)16-14-12-10-8-6-4-2-3-5-7-9-11-13-15-37-48-50-51-49-37)28-39(58)45-35(29-53)41(60)46-33(21-22-36(43)56)40(59)47-34(42(61)62)27-31-17-19-32(55)20-18-31/h17-20,33-35,53,55H,2-16,21-29H2,1H3,(H2,43,56)(H,44,57)(H,45,58)(H,46,60)(H,47,59)(H,61,62)(H,48,49,50,51)/t33-,34-,35-/m0/s1. The Morgan fingerprint density at radius 2 is 1.34 bits per heavy atom. The fourth-order valence-electron chi connectivity index (χ4n) is 6.45. The third kappa shape index (κ3) is 25.4. The van der Waals surface area contributed by atoms with E-state index in [1.807, 2.05) is 0 Å². The number of hydrogen-bond acceptors (Lipinski definition) is 14. The molecule has 3 atom stereocenters.